The summed E-state index contributed by atoms with van der Waals surface area (Å²) >= 11 is 1.96. The molecule has 2 rings (SSSR count). The van der Waals surface area contributed by atoms with E-state index >= 15 is 0 Å². The lowest BCUT2D eigenvalue weighted by atomic mass is 10.2. The molecule has 1 amide bonds. The first kappa shape index (κ1) is 12.2. The van der Waals surface area contributed by atoms with Crippen LogP contribution >= 0.6 is 11.8 Å². The van der Waals surface area contributed by atoms with Crippen LogP contribution in [0.5, 0.6) is 0 Å². The second-order valence-corrected chi connectivity index (χ2v) is 5.70. The second kappa shape index (κ2) is 5.89. The van der Waals surface area contributed by atoms with Crippen LogP contribution in [0.1, 0.15) is 6.42 Å². The molecule has 0 aromatic rings. The number of likely N-dealkylation sites (N-methyl/N-ethyl adjacent to an activating group) is 1. The van der Waals surface area contributed by atoms with Gasteiger partial charge in [-0.05, 0) is 12.2 Å². The van der Waals surface area contributed by atoms with Crippen LogP contribution in [0.4, 0.5) is 0 Å². The number of rotatable bonds is 3. The van der Waals surface area contributed by atoms with E-state index in [0.29, 0.717) is 12.6 Å². The highest BCUT2D eigenvalue weighted by Crippen LogP contribution is 2.21. The Labute approximate surface area is 102 Å². The minimum Gasteiger partial charge on any atom is -0.341 e. The zero-order valence-electron chi connectivity index (χ0n) is 9.95. The van der Waals surface area contributed by atoms with Crippen molar-refractivity contribution in [2.45, 2.75) is 12.5 Å². The lowest BCUT2D eigenvalue weighted by Crippen LogP contribution is -2.49. The van der Waals surface area contributed by atoms with Gasteiger partial charge >= 0.3 is 0 Å². The van der Waals surface area contributed by atoms with Crippen LogP contribution in [0.2, 0.25) is 0 Å². The molecule has 5 heteroatoms. The highest BCUT2D eigenvalue weighted by molar-refractivity contribution is 7.99. The van der Waals surface area contributed by atoms with Crippen molar-refractivity contribution in [3.05, 3.63) is 0 Å². The Hall–Kier alpha value is -0.260. The number of nitrogens with one attached hydrogen (secondary N) is 1. The summed E-state index contributed by atoms with van der Waals surface area (Å²) in [7, 11) is 1.96. The summed E-state index contributed by atoms with van der Waals surface area (Å²) in [5.41, 5.74) is 0. The molecule has 0 aromatic carbocycles. The third kappa shape index (κ3) is 3.12. The second-order valence-electron chi connectivity index (χ2n) is 4.55. The molecule has 0 radical (unpaired) electrons. The zero-order valence-corrected chi connectivity index (χ0v) is 10.8. The number of thioether (sulfide) groups is 1. The fourth-order valence-electron chi connectivity index (χ4n) is 2.20. The quantitative estimate of drug-likeness (QED) is 0.748. The summed E-state index contributed by atoms with van der Waals surface area (Å²) < 4.78 is 0. The summed E-state index contributed by atoms with van der Waals surface area (Å²) in [6, 6.07) is 0.473. The highest BCUT2D eigenvalue weighted by Gasteiger charge is 2.25. The molecule has 0 aromatic heterocycles. The average molecular weight is 243 g/mol. The summed E-state index contributed by atoms with van der Waals surface area (Å²) in [5, 5.41) is 3.30. The number of nitrogens with zero attached hydrogens (tertiary/aromatic N) is 2. The fourth-order valence-corrected chi connectivity index (χ4v) is 3.47. The molecular formula is C11H21N3OS. The maximum Gasteiger partial charge on any atom is 0.236 e. The molecule has 92 valence electrons. The minimum absolute atomic E-state index is 0.286. The van der Waals surface area contributed by atoms with Crippen molar-refractivity contribution < 1.29 is 4.79 Å². The van der Waals surface area contributed by atoms with E-state index in [2.05, 4.69) is 10.2 Å². The third-order valence-electron chi connectivity index (χ3n) is 3.42. The monoisotopic (exact) mass is 243 g/mol. The van der Waals surface area contributed by atoms with Gasteiger partial charge in [0, 0.05) is 45.0 Å². The largest absolute Gasteiger partial charge is 0.341 e. The molecule has 1 unspecified atom stereocenters. The van der Waals surface area contributed by atoms with Gasteiger partial charge in [0.25, 0.3) is 0 Å². The Bertz CT molecular complexity index is 237. The normalized spacial score (nSPS) is 26.9. The Morgan fingerprint density at radius 3 is 2.88 bits per heavy atom. The van der Waals surface area contributed by atoms with E-state index in [1.807, 2.05) is 23.7 Å². The van der Waals surface area contributed by atoms with E-state index in [1.165, 1.54) is 5.75 Å². The molecule has 1 atom stereocenters. The number of hydrogen-bond donors (Lipinski definition) is 1. The fraction of sp³-hybridized carbons (Fsp3) is 0.909. The molecule has 0 bridgehead atoms. The molecular weight excluding hydrogens is 222 g/mol. The predicted molar refractivity (Wildman–Crippen MR) is 67.8 cm³/mol. The first-order chi connectivity index (χ1) is 7.77. The summed E-state index contributed by atoms with van der Waals surface area (Å²) in [6.45, 7) is 4.61. The Morgan fingerprint density at radius 1 is 1.50 bits per heavy atom. The SMILES string of the molecule is CN(C(=O)CN1CCNCC1)C1CCSC1. The van der Waals surface area contributed by atoms with Crippen LogP contribution in [0.3, 0.4) is 0 Å². The van der Waals surface area contributed by atoms with Crippen molar-refractivity contribution in [1.82, 2.24) is 15.1 Å². The van der Waals surface area contributed by atoms with Crippen LogP contribution < -0.4 is 5.32 Å². The lowest BCUT2D eigenvalue weighted by Gasteiger charge is -2.30. The summed E-state index contributed by atoms with van der Waals surface area (Å²) in [4.78, 5) is 16.3. The molecule has 0 aliphatic carbocycles. The molecule has 2 aliphatic rings. The van der Waals surface area contributed by atoms with Gasteiger partial charge in [0.2, 0.25) is 5.91 Å². The van der Waals surface area contributed by atoms with Crippen LogP contribution in [0.25, 0.3) is 0 Å². The molecule has 2 aliphatic heterocycles. The number of amides is 1. The van der Waals surface area contributed by atoms with Gasteiger partial charge in [-0.15, -0.1) is 0 Å². The number of piperazine rings is 1. The molecule has 0 saturated carbocycles. The van der Waals surface area contributed by atoms with Gasteiger partial charge in [0.05, 0.1) is 6.54 Å². The van der Waals surface area contributed by atoms with Gasteiger partial charge in [-0.1, -0.05) is 0 Å². The van der Waals surface area contributed by atoms with Gasteiger partial charge in [-0.3, -0.25) is 9.69 Å². The molecule has 4 nitrogen and oxygen atoms in total. The molecule has 2 fully saturated rings. The van der Waals surface area contributed by atoms with Crippen LogP contribution in [0.15, 0.2) is 0 Å². The van der Waals surface area contributed by atoms with E-state index in [9.17, 15) is 4.79 Å². The van der Waals surface area contributed by atoms with Crippen LogP contribution in [-0.2, 0) is 4.79 Å². The maximum atomic E-state index is 12.1. The predicted octanol–water partition coefficient (Wildman–Crippen LogP) is -0.144. The lowest BCUT2D eigenvalue weighted by molar-refractivity contribution is -0.132. The highest BCUT2D eigenvalue weighted by atomic mass is 32.2. The number of carbonyl (C=O) groups excluding carboxylic acids is 1. The van der Waals surface area contributed by atoms with Crippen LogP contribution in [0, 0.1) is 0 Å². The number of carbonyl (C=O) groups is 1. The Balaban J connectivity index is 1.77. The van der Waals surface area contributed by atoms with Gasteiger partial charge in [-0.25, -0.2) is 0 Å². The van der Waals surface area contributed by atoms with Crippen molar-refractivity contribution in [2.75, 3.05) is 51.3 Å². The van der Waals surface area contributed by atoms with Crippen molar-refractivity contribution in [2.24, 2.45) is 0 Å². The minimum atomic E-state index is 0.286. The van der Waals surface area contributed by atoms with Crippen molar-refractivity contribution in [1.29, 1.82) is 0 Å². The number of hydrogen-bond acceptors (Lipinski definition) is 4. The Morgan fingerprint density at radius 2 is 2.25 bits per heavy atom. The van der Waals surface area contributed by atoms with Gasteiger partial charge in [0.15, 0.2) is 0 Å². The summed E-state index contributed by atoms with van der Waals surface area (Å²) in [6.07, 6.45) is 1.16. The van der Waals surface area contributed by atoms with E-state index in [4.69, 9.17) is 0 Å². The van der Waals surface area contributed by atoms with E-state index < -0.39 is 0 Å². The van der Waals surface area contributed by atoms with E-state index in [0.717, 1.165) is 38.4 Å². The first-order valence-corrected chi connectivity index (χ1v) is 7.19. The van der Waals surface area contributed by atoms with Gasteiger partial charge < -0.3 is 10.2 Å². The van der Waals surface area contributed by atoms with Crippen molar-refractivity contribution in [3.63, 3.8) is 0 Å². The molecule has 0 spiro atoms. The van der Waals surface area contributed by atoms with Crippen LogP contribution in [-0.4, -0.2) is 73.0 Å². The standard InChI is InChI=1S/C11H21N3OS/c1-13(10-2-7-16-9-10)11(15)8-14-5-3-12-4-6-14/h10,12H,2-9H2,1H3. The Kier molecular flexibility index (Phi) is 4.49. The topological polar surface area (TPSA) is 35.6 Å². The molecule has 2 saturated heterocycles. The zero-order chi connectivity index (χ0) is 11.4. The molecule has 1 N–H and O–H groups in total. The first-order valence-electron chi connectivity index (χ1n) is 6.04. The molecule has 16 heavy (non-hydrogen) atoms. The van der Waals surface area contributed by atoms with Crippen molar-refractivity contribution >= 4 is 17.7 Å². The smallest absolute Gasteiger partial charge is 0.236 e. The van der Waals surface area contributed by atoms with E-state index in [-0.39, 0.29) is 5.91 Å². The summed E-state index contributed by atoms with van der Waals surface area (Å²) in [5.74, 6) is 2.61. The average Bonchev–Trinajstić information content (AvgIpc) is 2.83. The molecule has 2 heterocycles. The van der Waals surface area contributed by atoms with Gasteiger partial charge in [-0.2, -0.15) is 11.8 Å². The maximum absolute atomic E-state index is 12.1. The third-order valence-corrected chi connectivity index (χ3v) is 4.56. The van der Waals surface area contributed by atoms with Crippen molar-refractivity contribution in [3.8, 4) is 0 Å². The van der Waals surface area contributed by atoms with Gasteiger partial charge in [0.1, 0.15) is 0 Å². The van der Waals surface area contributed by atoms with E-state index in [1.54, 1.807) is 0 Å².